The molecule has 0 saturated carbocycles. The second-order valence-electron chi connectivity index (χ2n) is 5.52. The number of ether oxygens (including phenoxy) is 2. The maximum Gasteiger partial charge on any atom is 0.341 e. The van der Waals surface area contributed by atoms with E-state index in [1.165, 1.54) is 0 Å². The van der Waals surface area contributed by atoms with Gasteiger partial charge in [0.25, 0.3) is 5.91 Å². The van der Waals surface area contributed by atoms with Crippen LogP contribution in [-0.2, 0) is 20.7 Å². The fourth-order valence-electron chi connectivity index (χ4n) is 2.36. The molecular weight excluding hydrogens is 286 g/mol. The van der Waals surface area contributed by atoms with Gasteiger partial charge in [0.05, 0.1) is 0 Å². The lowest BCUT2D eigenvalue weighted by Gasteiger charge is -2.21. The summed E-state index contributed by atoms with van der Waals surface area (Å²) < 4.78 is 10.6. The number of carbonyl (C=O) groups excluding carboxylic acids is 1. The van der Waals surface area contributed by atoms with E-state index in [0.29, 0.717) is 25.3 Å². The van der Waals surface area contributed by atoms with Gasteiger partial charge in [0.15, 0.2) is 6.61 Å². The Labute approximate surface area is 129 Å². The quantitative estimate of drug-likeness (QED) is 0.795. The molecule has 1 amide bonds. The van der Waals surface area contributed by atoms with Crippen LogP contribution in [0.15, 0.2) is 24.3 Å². The molecule has 1 atom stereocenters. The Kier molecular flexibility index (Phi) is 5.38. The van der Waals surface area contributed by atoms with Crippen LogP contribution in [0, 0.1) is 0 Å². The van der Waals surface area contributed by atoms with Crippen molar-refractivity contribution in [3.05, 3.63) is 29.8 Å². The molecule has 6 heteroatoms. The van der Waals surface area contributed by atoms with E-state index in [1.54, 1.807) is 12.1 Å². The van der Waals surface area contributed by atoms with Gasteiger partial charge in [-0.15, -0.1) is 0 Å². The number of amides is 1. The molecule has 1 aliphatic rings. The normalized spacial score (nSPS) is 20.6. The Balaban J connectivity index is 1.75. The number of carboxylic acids is 1. The molecule has 1 fully saturated rings. The summed E-state index contributed by atoms with van der Waals surface area (Å²) >= 11 is 0. The molecule has 1 saturated heterocycles. The minimum atomic E-state index is -1.01. The van der Waals surface area contributed by atoms with Gasteiger partial charge in [-0.05, 0) is 43.9 Å². The van der Waals surface area contributed by atoms with Crippen molar-refractivity contribution in [2.45, 2.75) is 31.8 Å². The first-order valence-electron chi connectivity index (χ1n) is 7.35. The summed E-state index contributed by atoms with van der Waals surface area (Å²) in [5, 5.41) is 11.4. The molecule has 1 heterocycles. The van der Waals surface area contributed by atoms with Crippen molar-refractivity contribution >= 4 is 11.9 Å². The maximum absolute atomic E-state index is 12.0. The number of carboxylic acid groups (broad SMARTS) is 1. The lowest BCUT2D eigenvalue weighted by atomic mass is 10.0. The first-order valence-corrected chi connectivity index (χ1v) is 7.35. The lowest BCUT2D eigenvalue weighted by molar-refractivity contribution is -0.140. The Hall–Kier alpha value is -2.08. The number of carbonyl (C=O) groups is 2. The molecule has 0 radical (unpaired) electrons. The monoisotopic (exact) mass is 307 g/mol. The van der Waals surface area contributed by atoms with Crippen molar-refractivity contribution < 1.29 is 24.2 Å². The van der Waals surface area contributed by atoms with Gasteiger partial charge < -0.3 is 19.9 Å². The van der Waals surface area contributed by atoms with Crippen molar-refractivity contribution in [3.8, 4) is 5.75 Å². The van der Waals surface area contributed by atoms with Crippen LogP contribution in [0.1, 0.15) is 25.3 Å². The van der Waals surface area contributed by atoms with E-state index in [4.69, 9.17) is 14.6 Å². The minimum absolute atomic E-state index is 0.0635. The predicted octanol–water partition coefficient (Wildman–Crippen LogP) is 1.38. The number of benzene rings is 1. The number of hydrogen-bond donors (Lipinski definition) is 2. The fourth-order valence-corrected chi connectivity index (χ4v) is 2.36. The number of nitrogens with one attached hydrogen (secondary N) is 1. The van der Waals surface area contributed by atoms with Gasteiger partial charge >= 0.3 is 5.97 Å². The SMILES string of the molecule is CC1(C(=O)NCCc2ccc(OCC(=O)O)cc2)CCCO1. The highest BCUT2D eigenvalue weighted by molar-refractivity contribution is 5.85. The zero-order valence-electron chi connectivity index (χ0n) is 12.6. The second-order valence-corrected chi connectivity index (χ2v) is 5.52. The van der Waals surface area contributed by atoms with Gasteiger partial charge in [0.2, 0.25) is 0 Å². The third-order valence-electron chi connectivity index (χ3n) is 3.68. The van der Waals surface area contributed by atoms with Crippen LogP contribution in [0.2, 0.25) is 0 Å². The molecule has 22 heavy (non-hydrogen) atoms. The van der Waals surface area contributed by atoms with Crippen LogP contribution < -0.4 is 10.1 Å². The van der Waals surface area contributed by atoms with Gasteiger partial charge in [-0.3, -0.25) is 4.79 Å². The number of aliphatic carboxylic acids is 1. The Morgan fingerprint density at radius 2 is 2.09 bits per heavy atom. The van der Waals surface area contributed by atoms with Crippen LogP contribution in [0.4, 0.5) is 0 Å². The molecule has 120 valence electrons. The third-order valence-corrected chi connectivity index (χ3v) is 3.68. The summed E-state index contributed by atoms with van der Waals surface area (Å²) in [5.74, 6) is -0.553. The smallest absolute Gasteiger partial charge is 0.341 e. The van der Waals surface area contributed by atoms with Crippen LogP contribution >= 0.6 is 0 Å². The summed E-state index contributed by atoms with van der Waals surface area (Å²) in [6.07, 6.45) is 2.37. The largest absolute Gasteiger partial charge is 0.482 e. The highest BCUT2D eigenvalue weighted by Crippen LogP contribution is 2.24. The van der Waals surface area contributed by atoms with Gasteiger partial charge in [0, 0.05) is 13.2 Å². The van der Waals surface area contributed by atoms with E-state index in [2.05, 4.69) is 5.32 Å². The van der Waals surface area contributed by atoms with E-state index in [-0.39, 0.29) is 12.5 Å². The molecule has 0 aromatic heterocycles. The zero-order valence-corrected chi connectivity index (χ0v) is 12.6. The molecule has 1 aromatic carbocycles. The average molecular weight is 307 g/mol. The summed E-state index contributed by atoms with van der Waals surface area (Å²) in [5.41, 5.74) is 0.356. The average Bonchev–Trinajstić information content (AvgIpc) is 2.94. The predicted molar refractivity (Wildman–Crippen MR) is 79.9 cm³/mol. The second kappa shape index (κ2) is 7.26. The fraction of sp³-hybridized carbons (Fsp3) is 0.500. The van der Waals surface area contributed by atoms with Crippen molar-refractivity contribution in [1.82, 2.24) is 5.32 Å². The van der Waals surface area contributed by atoms with Crippen LogP contribution in [0.5, 0.6) is 5.75 Å². The standard InChI is InChI=1S/C16H21NO5/c1-16(8-2-10-22-16)15(20)17-9-7-12-3-5-13(6-4-12)21-11-14(18)19/h3-6H,2,7-11H2,1H3,(H,17,20)(H,18,19). The molecule has 0 spiro atoms. The van der Waals surface area contributed by atoms with Crippen molar-refractivity contribution in [1.29, 1.82) is 0 Å². The van der Waals surface area contributed by atoms with Gasteiger partial charge in [-0.1, -0.05) is 12.1 Å². The molecule has 0 bridgehead atoms. The molecule has 1 aliphatic heterocycles. The Morgan fingerprint density at radius 1 is 1.36 bits per heavy atom. The van der Waals surface area contributed by atoms with Gasteiger partial charge in [-0.25, -0.2) is 4.79 Å². The maximum atomic E-state index is 12.0. The molecule has 6 nitrogen and oxygen atoms in total. The summed E-state index contributed by atoms with van der Waals surface area (Å²) in [6.45, 7) is 2.65. The Bertz CT molecular complexity index is 520. The Morgan fingerprint density at radius 3 is 2.68 bits per heavy atom. The minimum Gasteiger partial charge on any atom is -0.482 e. The lowest BCUT2D eigenvalue weighted by Crippen LogP contribution is -2.44. The van der Waals surface area contributed by atoms with Gasteiger partial charge in [0.1, 0.15) is 11.4 Å². The topological polar surface area (TPSA) is 84.9 Å². The molecule has 1 aromatic rings. The van der Waals surface area contributed by atoms with E-state index < -0.39 is 11.6 Å². The first-order chi connectivity index (χ1) is 10.5. The van der Waals surface area contributed by atoms with E-state index in [1.807, 2.05) is 19.1 Å². The molecular formula is C16H21NO5. The highest BCUT2D eigenvalue weighted by atomic mass is 16.5. The summed E-state index contributed by atoms with van der Waals surface area (Å²) in [6, 6.07) is 7.16. The molecule has 0 aliphatic carbocycles. The van der Waals surface area contributed by atoms with E-state index in [0.717, 1.165) is 18.4 Å². The summed E-state index contributed by atoms with van der Waals surface area (Å²) in [7, 11) is 0. The van der Waals surface area contributed by atoms with Crippen LogP contribution in [0.25, 0.3) is 0 Å². The summed E-state index contributed by atoms with van der Waals surface area (Å²) in [4.78, 5) is 22.5. The van der Waals surface area contributed by atoms with Gasteiger partial charge in [-0.2, -0.15) is 0 Å². The number of hydrogen-bond acceptors (Lipinski definition) is 4. The zero-order chi connectivity index (χ0) is 16.0. The van der Waals surface area contributed by atoms with E-state index in [9.17, 15) is 9.59 Å². The van der Waals surface area contributed by atoms with E-state index >= 15 is 0 Å². The van der Waals surface area contributed by atoms with Crippen molar-refractivity contribution in [2.75, 3.05) is 19.8 Å². The number of rotatable bonds is 7. The van der Waals surface area contributed by atoms with Crippen molar-refractivity contribution in [2.24, 2.45) is 0 Å². The van der Waals surface area contributed by atoms with Crippen LogP contribution in [0.3, 0.4) is 0 Å². The van der Waals surface area contributed by atoms with Crippen LogP contribution in [-0.4, -0.2) is 42.3 Å². The van der Waals surface area contributed by atoms with Crippen molar-refractivity contribution in [3.63, 3.8) is 0 Å². The molecule has 1 unspecified atom stereocenters. The first kappa shape index (κ1) is 16.3. The third kappa shape index (κ3) is 4.46. The highest BCUT2D eigenvalue weighted by Gasteiger charge is 2.37. The molecule has 2 rings (SSSR count). The molecule has 2 N–H and O–H groups in total.